The summed E-state index contributed by atoms with van der Waals surface area (Å²) in [6, 6.07) is 11.7. The molecule has 3 rings (SSSR count). The zero-order chi connectivity index (χ0) is 23.5. The molecule has 0 atom stereocenters. The van der Waals surface area contributed by atoms with Gasteiger partial charge in [-0.2, -0.15) is 13.2 Å². The van der Waals surface area contributed by atoms with Crippen molar-refractivity contribution < 1.29 is 32.7 Å². The summed E-state index contributed by atoms with van der Waals surface area (Å²) in [4.78, 5) is 35.7. The number of alkyl halides is 3. The van der Waals surface area contributed by atoms with Gasteiger partial charge in [0.05, 0.1) is 16.2 Å². The number of amides is 1. The van der Waals surface area contributed by atoms with E-state index in [0.29, 0.717) is 17.7 Å². The molecule has 1 aromatic heterocycles. The molecule has 0 aliphatic carbocycles. The van der Waals surface area contributed by atoms with Crippen molar-refractivity contribution in [1.29, 1.82) is 0 Å². The second kappa shape index (κ2) is 8.79. The second-order valence-electron chi connectivity index (χ2n) is 6.49. The molecule has 32 heavy (non-hydrogen) atoms. The highest BCUT2D eigenvalue weighted by atomic mass is 19.4. The molecule has 0 fully saturated rings. The third-order valence-electron chi connectivity index (χ3n) is 4.20. The van der Waals surface area contributed by atoms with Gasteiger partial charge >= 0.3 is 23.5 Å². The van der Waals surface area contributed by atoms with Gasteiger partial charge in [-0.05, 0) is 23.8 Å². The van der Waals surface area contributed by atoms with Gasteiger partial charge in [-0.15, -0.1) is 0 Å². The average Bonchev–Trinajstić information content (AvgIpc) is 2.71. The predicted molar refractivity (Wildman–Crippen MR) is 106 cm³/mol. The third kappa shape index (κ3) is 5.22. The van der Waals surface area contributed by atoms with Crippen LogP contribution in [0.3, 0.4) is 0 Å². The highest BCUT2D eigenvalue weighted by molar-refractivity contribution is 5.86. The van der Waals surface area contributed by atoms with Crippen molar-refractivity contribution in [2.24, 2.45) is 0 Å². The van der Waals surface area contributed by atoms with Crippen LogP contribution < -0.4 is 10.9 Å². The van der Waals surface area contributed by atoms with Crippen LogP contribution in [0.25, 0.3) is 11.3 Å². The van der Waals surface area contributed by atoms with Crippen molar-refractivity contribution in [2.45, 2.75) is 12.8 Å². The number of ether oxygens (including phenoxy) is 1. The minimum Gasteiger partial charge on any atom is -0.502 e. The standard InChI is InChI=1S/C20H14F3N3O6/c21-20(22,23)13-6-12(15-9-16(27)17(26(30)31)18(28)25-15)7-14(8-13)24-19(29)32-10-11-4-2-1-3-5-11/h1-9H,10H2,(H,24,29)(H2,25,27,28). The maximum Gasteiger partial charge on any atom is 0.416 e. The molecule has 3 N–H and O–H groups in total. The lowest BCUT2D eigenvalue weighted by Crippen LogP contribution is -2.15. The van der Waals surface area contributed by atoms with Gasteiger partial charge in [-0.3, -0.25) is 20.2 Å². The van der Waals surface area contributed by atoms with Gasteiger partial charge in [0.15, 0.2) is 0 Å². The number of nitrogens with one attached hydrogen (secondary N) is 2. The Hall–Kier alpha value is -4.35. The minimum absolute atomic E-state index is 0.123. The number of rotatable bonds is 5. The van der Waals surface area contributed by atoms with Gasteiger partial charge in [-0.25, -0.2) is 4.79 Å². The zero-order valence-corrected chi connectivity index (χ0v) is 16.0. The van der Waals surface area contributed by atoms with Crippen LogP contribution in [0.15, 0.2) is 59.4 Å². The summed E-state index contributed by atoms with van der Waals surface area (Å²) in [5, 5.41) is 22.8. The summed E-state index contributed by atoms with van der Waals surface area (Å²) in [6.07, 6.45) is -5.84. The van der Waals surface area contributed by atoms with Gasteiger partial charge in [0.2, 0.25) is 5.75 Å². The van der Waals surface area contributed by atoms with E-state index in [1.165, 1.54) is 0 Å². The Labute approximate surface area is 177 Å². The second-order valence-corrected chi connectivity index (χ2v) is 6.49. The number of halogens is 3. The van der Waals surface area contributed by atoms with Crippen LogP contribution in [0.4, 0.5) is 29.3 Å². The van der Waals surface area contributed by atoms with E-state index < -0.39 is 39.8 Å². The maximum absolute atomic E-state index is 13.3. The molecular formula is C20H14F3N3O6. The quantitative estimate of drug-likeness (QED) is 0.390. The monoisotopic (exact) mass is 449 g/mol. The summed E-state index contributed by atoms with van der Waals surface area (Å²) in [5.41, 5.74) is -3.88. The predicted octanol–water partition coefficient (Wildman–Crippen LogP) is 4.42. The van der Waals surface area contributed by atoms with Gasteiger partial charge in [0, 0.05) is 17.3 Å². The first kappa shape index (κ1) is 22.3. The molecule has 0 radical (unpaired) electrons. The van der Waals surface area contributed by atoms with Crippen LogP contribution in [0.2, 0.25) is 0 Å². The van der Waals surface area contributed by atoms with Crippen LogP contribution in [0.5, 0.6) is 5.75 Å². The fourth-order valence-electron chi connectivity index (χ4n) is 2.77. The van der Waals surface area contributed by atoms with Crippen LogP contribution in [-0.2, 0) is 17.5 Å². The number of carbonyl (C=O) groups excluding carboxylic acids is 1. The van der Waals surface area contributed by atoms with E-state index in [4.69, 9.17) is 4.74 Å². The Balaban J connectivity index is 1.93. The van der Waals surface area contributed by atoms with Crippen molar-refractivity contribution in [1.82, 2.24) is 4.98 Å². The molecule has 2 aromatic carbocycles. The van der Waals surface area contributed by atoms with E-state index in [9.17, 15) is 38.0 Å². The van der Waals surface area contributed by atoms with Gasteiger partial charge in [-0.1, -0.05) is 30.3 Å². The van der Waals surface area contributed by atoms with Crippen molar-refractivity contribution in [3.8, 4) is 17.0 Å². The fraction of sp³-hybridized carbons (Fsp3) is 0.100. The molecule has 0 unspecified atom stereocenters. The Morgan fingerprint density at radius 3 is 2.44 bits per heavy atom. The summed E-state index contributed by atoms with van der Waals surface area (Å²) in [7, 11) is 0. The van der Waals surface area contributed by atoms with E-state index in [1.54, 1.807) is 30.3 Å². The number of H-pyrrole nitrogens is 1. The van der Waals surface area contributed by atoms with Crippen LogP contribution in [-0.4, -0.2) is 21.1 Å². The van der Waals surface area contributed by atoms with Crippen LogP contribution >= 0.6 is 0 Å². The number of aromatic nitrogens is 1. The molecule has 12 heteroatoms. The SMILES string of the molecule is O=C(Nc1cc(-c2cc(O)c([N+](=O)[O-])c(=O)[nH]2)cc(C(F)(F)F)c1)OCc1ccccc1. The number of benzene rings is 2. The van der Waals surface area contributed by atoms with Crippen molar-refractivity contribution >= 4 is 17.5 Å². The van der Waals surface area contributed by atoms with E-state index in [1.807, 2.05) is 0 Å². The Morgan fingerprint density at radius 2 is 1.84 bits per heavy atom. The number of carbonyl (C=O) groups is 1. The van der Waals surface area contributed by atoms with Crippen LogP contribution in [0, 0.1) is 10.1 Å². The minimum atomic E-state index is -4.82. The lowest BCUT2D eigenvalue weighted by Gasteiger charge is -2.13. The number of pyridine rings is 1. The number of aromatic hydroxyl groups is 1. The number of nitrogens with zero attached hydrogens (tertiary/aromatic N) is 1. The molecule has 0 spiro atoms. The first-order valence-corrected chi connectivity index (χ1v) is 8.85. The van der Waals surface area contributed by atoms with Gasteiger partial charge < -0.3 is 14.8 Å². The Bertz CT molecular complexity index is 1230. The molecule has 9 nitrogen and oxygen atoms in total. The van der Waals surface area contributed by atoms with Gasteiger partial charge in [0.25, 0.3) is 0 Å². The summed E-state index contributed by atoms with van der Waals surface area (Å²) in [6.45, 7) is -0.123. The van der Waals surface area contributed by atoms with E-state index in [2.05, 4.69) is 10.3 Å². The summed E-state index contributed by atoms with van der Waals surface area (Å²) in [5.74, 6) is -1.03. The first-order valence-electron chi connectivity index (χ1n) is 8.85. The number of anilines is 1. The van der Waals surface area contributed by atoms with Crippen molar-refractivity contribution in [2.75, 3.05) is 5.32 Å². The highest BCUT2D eigenvalue weighted by Gasteiger charge is 2.32. The molecule has 0 saturated carbocycles. The largest absolute Gasteiger partial charge is 0.502 e. The molecule has 166 valence electrons. The smallest absolute Gasteiger partial charge is 0.416 e. The molecule has 1 heterocycles. The molecule has 0 aliphatic heterocycles. The van der Waals surface area contributed by atoms with Crippen molar-refractivity contribution in [3.05, 3.63) is 86.2 Å². The highest BCUT2D eigenvalue weighted by Crippen LogP contribution is 2.35. The molecule has 1 amide bonds. The summed E-state index contributed by atoms with van der Waals surface area (Å²) < 4.78 is 45.0. The van der Waals surface area contributed by atoms with Gasteiger partial charge in [0.1, 0.15) is 6.61 Å². The Kier molecular flexibility index (Phi) is 6.14. The lowest BCUT2D eigenvalue weighted by atomic mass is 10.1. The number of aromatic amines is 1. The third-order valence-corrected chi connectivity index (χ3v) is 4.20. The normalized spacial score (nSPS) is 11.1. The topological polar surface area (TPSA) is 135 Å². The number of hydrogen-bond donors (Lipinski definition) is 3. The zero-order valence-electron chi connectivity index (χ0n) is 16.0. The number of nitro groups is 1. The maximum atomic E-state index is 13.3. The van der Waals surface area contributed by atoms with E-state index in [-0.39, 0.29) is 23.6 Å². The van der Waals surface area contributed by atoms with Crippen molar-refractivity contribution in [3.63, 3.8) is 0 Å². The average molecular weight is 449 g/mol. The number of hydrogen-bond acceptors (Lipinski definition) is 6. The molecule has 0 bridgehead atoms. The van der Waals surface area contributed by atoms with E-state index in [0.717, 1.165) is 12.1 Å². The first-order chi connectivity index (χ1) is 15.0. The fourth-order valence-corrected chi connectivity index (χ4v) is 2.77. The summed E-state index contributed by atoms with van der Waals surface area (Å²) >= 11 is 0. The van der Waals surface area contributed by atoms with Crippen LogP contribution in [0.1, 0.15) is 11.1 Å². The molecule has 0 aliphatic rings. The molecule has 0 saturated heterocycles. The Morgan fingerprint density at radius 1 is 1.16 bits per heavy atom. The molecule has 3 aromatic rings. The molecular weight excluding hydrogens is 435 g/mol. The van der Waals surface area contributed by atoms with E-state index >= 15 is 0 Å². The lowest BCUT2D eigenvalue weighted by molar-refractivity contribution is -0.387.